The molecule has 0 aromatic carbocycles. The van der Waals surface area contributed by atoms with E-state index in [-0.39, 0.29) is 19.1 Å². The zero-order valence-electron chi connectivity index (χ0n) is 56.4. The second-order valence-corrected chi connectivity index (χ2v) is 27.4. The van der Waals surface area contributed by atoms with Gasteiger partial charge < -0.3 is 19.8 Å². The van der Waals surface area contributed by atoms with Crippen molar-refractivity contribution in [2.45, 2.75) is 360 Å². The van der Waals surface area contributed by atoms with Crippen LogP contribution < -0.4 is 5.32 Å². The van der Waals surface area contributed by atoms with Crippen LogP contribution in [0.2, 0.25) is 0 Å². The molecule has 1 amide bonds. The molecule has 0 radical (unpaired) electrons. The Morgan fingerprint density at radius 2 is 0.714 bits per heavy atom. The van der Waals surface area contributed by atoms with Gasteiger partial charge in [-0.05, 0) is 64.2 Å². The average molecular weight is 1200 g/mol. The Kier molecular flexibility index (Phi) is 63.8. The van der Waals surface area contributed by atoms with Crippen molar-refractivity contribution in [1.29, 1.82) is 0 Å². The molecule has 0 aromatic rings. The summed E-state index contributed by atoms with van der Waals surface area (Å²) in [7, 11) is 1.58. The minimum absolute atomic E-state index is 0.0612. The lowest BCUT2D eigenvalue weighted by Crippen LogP contribution is -2.45. The van der Waals surface area contributed by atoms with Gasteiger partial charge in [-0.15, -0.1) is 0 Å². The molecule has 0 bridgehead atoms. The van der Waals surface area contributed by atoms with E-state index in [1.165, 1.54) is 257 Å². The molecule has 0 fully saturated rings. The molecule has 84 heavy (non-hydrogen) atoms. The molecule has 3 unspecified atom stereocenters. The number of hydrogen-bond donors (Lipinski definition) is 3. The number of aliphatic hydroxyl groups excluding tert-OH is 1. The van der Waals surface area contributed by atoms with Gasteiger partial charge in [0.05, 0.1) is 39.9 Å². The van der Waals surface area contributed by atoms with Crippen LogP contribution in [0.3, 0.4) is 0 Å². The topological polar surface area (TPSA) is 105 Å². The van der Waals surface area contributed by atoms with Crippen LogP contribution in [0.4, 0.5) is 0 Å². The number of carbonyl (C=O) groups is 1. The number of quaternary nitrogens is 1. The summed E-state index contributed by atoms with van der Waals surface area (Å²) in [6.45, 7) is 4.75. The molecule has 8 nitrogen and oxygen atoms in total. The van der Waals surface area contributed by atoms with Crippen molar-refractivity contribution in [3.05, 3.63) is 72.9 Å². The van der Waals surface area contributed by atoms with Crippen LogP contribution >= 0.6 is 7.82 Å². The van der Waals surface area contributed by atoms with Gasteiger partial charge in [0.25, 0.3) is 0 Å². The van der Waals surface area contributed by atoms with Gasteiger partial charge in [-0.1, -0.05) is 350 Å². The van der Waals surface area contributed by atoms with Crippen molar-refractivity contribution in [2.24, 2.45) is 0 Å². The average Bonchev–Trinajstić information content (AvgIpc) is 3.56. The van der Waals surface area contributed by atoms with E-state index in [1.54, 1.807) is 6.08 Å². The number of phosphoric acid groups is 1. The number of carbonyl (C=O) groups excluding carboxylic acids is 1. The molecular formula is C75H142N2O6P+. The minimum Gasteiger partial charge on any atom is -0.387 e. The highest BCUT2D eigenvalue weighted by Crippen LogP contribution is 2.43. The summed E-state index contributed by atoms with van der Waals surface area (Å²) in [4.78, 5) is 23.5. The highest BCUT2D eigenvalue weighted by atomic mass is 31.2. The molecule has 0 aliphatic rings. The van der Waals surface area contributed by atoms with Crippen molar-refractivity contribution in [3.8, 4) is 0 Å². The fraction of sp³-hybridized carbons (Fsp3) is 0.827. The number of phosphoric ester groups is 1. The van der Waals surface area contributed by atoms with Gasteiger partial charge in [0, 0.05) is 6.42 Å². The fourth-order valence-electron chi connectivity index (χ4n) is 10.8. The molecule has 0 aliphatic heterocycles. The monoisotopic (exact) mass is 1200 g/mol. The Bertz CT molecular complexity index is 1600. The van der Waals surface area contributed by atoms with Crippen molar-refractivity contribution in [1.82, 2.24) is 5.32 Å². The van der Waals surface area contributed by atoms with Gasteiger partial charge in [-0.25, -0.2) is 4.57 Å². The summed E-state index contributed by atoms with van der Waals surface area (Å²) in [5, 5.41) is 14.0. The van der Waals surface area contributed by atoms with Crippen LogP contribution in [0, 0.1) is 0 Å². The number of aliphatic hydroxyl groups is 1. The number of nitrogens with zero attached hydrogens (tertiary/aromatic N) is 1. The first-order valence-corrected chi connectivity index (χ1v) is 37.8. The molecular weight excluding hydrogens is 1060 g/mol. The van der Waals surface area contributed by atoms with Crippen molar-refractivity contribution < 1.29 is 32.9 Å². The van der Waals surface area contributed by atoms with Gasteiger partial charge in [0.15, 0.2) is 0 Å². The molecule has 492 valence electrons. The first kappa shape index (κ1) is 81.9. The highest BCUT2D eigenvalue weighted by molar-refractivity contribution is 7.47. The van der Waals surface area contributed by atoms with Crippen LogP contribution in [-0.4, -0.2) is 73.4 Å². The van der Waals surface area contributed by atoms with Crippen LogP contribution in [0.25, 0.3) is 0 Å². The molecule has 0 spiro atoms. The first-order chi connectivity index (χ1) is 41.0. The number of nitrogens with one attached hydrogen (secondary N) is 1. The Balaban J connectivity index is 4.04. The zero-order chi connectivity index (χ0) is 61.2. The van der Waals surface area contributed by atoms with E-state index in [4.69, 9.17) is 9.05 Å². The van der Waals surface area contributed by atoms with E-state index in [9.17, 15) is 19.4 Å². The molecule has 3 atom stereocenters. The molecule has 0 heterocycles. The van der Waals surface area contributed by atoms with Gasteiger partial charge in [-0.3, -0.25) is 13.8 Å². The quantitative estimate of drug-likeness (QED) is 0.0243. The number of hydrogen-bond acceptors (Lipinski definition) is 5. The first-order valence-electron chi connectivity index (χ1n) is 36.3. The standard InChI is InChI=1S/C75H141N2O6P/c1-6-8-10-12-14-16-18-20-22-24-26-28-30-32-34-36-37-38-39-41-43-45-47-49-51-53-55-57-59-61-63-65-67-69-75(79)76-73(72-83-84(80,81)82-71-70-77(3,4)5)74(78)68-66-64-62-60-58-56-54-52-50-48-46-44-42-40-35-33-31-29-27-25-23-21-19-17-15-13-11-9-7-2/h8,10,14,16,20,22,26,28,32,34,66,68,73-74,78H,6-7,9,11-13,15,17-19,21,23-25,27,29-31,33,35-65,67,69-72H2,1-5H3,(H-,76,79,80,81)/p+1/b10-8-,16-14-,22-20-,28-26-,34-32-,68-66+. The van der Waals surface area contributed by atoms with Crippen LogP contribution in [0.1, 0.15) is 348 Å². The lowest BCUT2D eigenvalue weighted by Gasteiger charge is -2.25. The number of likely N-dealkylation sites (N-methyl/N-ethyl adjacent to an activating group) is 1. The van der Waals surface area contributed by atoms with Gasteiger partial charge >= 0.3 is 7.82 Å². The summed E-state index contributed by atoms with van der Waals surface area (Å²) in [5.74, 6) is -0.173. The molecule has 0 saturated heterocycles. The minimum atomic E-state index is -4.36. The summed E-state index contributed by atoms with van der Waals surface area (Å²) >= 11 is 0. The Morgan fingerprint density at radius 3 is 1.05 bits per heavy atom. The summed E-state index contributed by atoms with van der Waals surface area (Å²) < 4.78 is 23.8. The van der Waals surface area contributed by atoms with Crippen LogP contribution in [0.15, 0.2) is 72.9 Å². The van der Waals surface area contributed by atoms with E-state index in [2.05, 4.69) is 79.9 Å². The number of allylic oxidation sites excluding steroid dienone is 11. The molecule has 9 heteroatoms. The summed E-state index contributed by atoms with van der Waals surface area (Å²) in [5.41, 5.74) is 0. The van der Waals surface area contributed by atoms with Gasteiger partial charge in [0.1, 0.15) is 13.2 Å². The maximum absolute atomic E-state index is 13.1. The predicted molar refractivity (Wildman–Crippen MR) is 369 cm³/mol. The van der Waals surface area contributed by atoms with Gasteiger partial charge in [-0.2, -0.15) is 0 Å². The molecule has 0 saturated carbocycles. The largest absolute Gasteiger partial charge is 0.472 e. The van der Waals surface area contributed by atoms with E-state index in [0.717, 1.165) is 70.6 Å². The van der Waals surface area contributed by atoms with Gasteiger partial charge in [0.2, 0.25) is 5.91 Å². The molecule has 0 aliphatic carbocycles. The second-order valence-electron chi connectivity index (χ2n) is 25.9. The highest BCUT2D eigenvalue weighted by Gasteiger charge is 2.28. The van der Waals surface area contributed by atoms with Crippen molar-refractivity contribution >= 4 is 13.7 Å². The second kappa shape index (κ2) is 65.4. The lowest BCUT2D eigenvalue weighted by atomic mass is 10.0. The van der Waals surface area contributed by atoms with Crippen LogP contribution in [-0.2, 0) is 18.4 Å². The Labute approximate surface area is 523 Å². The zero-order valence-corrected chi connectivity index (χ0v) is 57.3. The molecule has 0 aromatic heterocycles. The lowest BCUT2D eigenvalue weighted by molar-refractivity contribution is -0.870. The van der Waals surface area contributed by atoms with Crippen LogP contribution in [0.5, 0.6) is 0 Å². The van der Waals surface area contributed by atoms with E-state index < -0.39 is 20.0 Å². The van der Waals surface area contributed by atoms with Crippen molar-refractivity contribution in [2.75, 3.05) is 40.9 Å². The molecule has 3 N–H and O–H groups in total. The SMILES string of the molecule is CC/C=C\C/C=C\C/C=C\C/C=C\C/C=C\CCCCCCCCCCCCCCCCCCCC(=O)NC(COP(=O)(O)OCC[N+](C)(C)C)C(O)/C=C/CCCCCCCCCCCCCCCCCCCCCCCCCCCCC. The van der Waals surface area contributed by atoms with E-state index >= 15 is 0 Å². The maximum atomic E-state index is 13.1. The number of unbranched alkanes of at least 4 members (excludes halogenated alkanes) is 44. The van der Waals surface area contributed by atoms with E-state index in [0.29, 0.717) is 17.4 Å². The Hall–Kier alpha value is -2.06. The Morgan fingerprint density at radius 1 is 0.417 bits per heavy atom. The third kappa shape index (κ3) is 67.4. The summed E-state index contributed by atoms with van der Waals surface area (Å²) in [6.07, 6.45) is 92.0. The normalized spacial score (nSPS) is 14.0. The predicted octanol–water partition coefficient (Wildman–Crippen LogP) is 23.3. The number of rotatable bonds is 67. The van der Waals surface area contributed by atoms with Crippen molar-refractivity contribution in [3.63, 3.8) is 0 Å². The van der Waals surface area contributed by atoms with E-state index in [1.807, 2.05) is 27.2 Å². The fourth-order valence-corrected chi connectivity index (χ4v) is 11.6. The smallest absolute Gasteiger partial charge is 0.387 e. The number of amides is 1. The summed E-state index contributed by atoms with van der Waals surface area (Å²) in [6, 6.07) is -0.850. The third-order valence-corrected chi connectivity index (χ3v) is 17.4. The molecule has 0 rings (SSSR count). The maximum Gasteiger partial charge on any atom is 0.472 e. The third-order valence-electron chi connectivity index (χ3n) is 16.4.